The summed E-state index contributed by atoms with van der Waals surface area (Å²) in [5.74, 6) is 0.103. The minimum atomic E-state index is -0.634. The van der Waals surface area contributed by atoms with Gasteiger partial charge in [-0.25, -0.2) is 4.98 Å². The van der Waals surface area contributed by atoms with Gasteiger partial charge in [-0.3, -0.25) is 10.2 Å². The summed E-state index contributed by atoms with van der Waals surface area (Å²) in [6.07, 6.45) is 0. The van der Waals surface area contributed by atoms with Crippen molar-refractivity contribution in [2.24, 2.45) is 10.8 Å². The Balaban J connectivity index is 1.89. The van der Waals surface area contributed by atoms with Crippen molar-refractivity contribution < 1.29 is 9.53 Å². The third-order valence-corrected chi connectivity index (χ3v) is 4.16. The monoisotopic (exact) mass is 326 g/mol. The van der Waals surface area contributed by atoms with E-state index in [1.54, 1.807) is 31.4 Å². The second kappa shape index (κ2) is 6.45. The van der Waals surface area contributed by atoms with Crippen molar-refractivity contribution in [3.63, 3.8) is 0 Å². The third kappa shape index (κ3) is 3.29. The number of primary amides is 1. The number of anilines is 1. The maximum Gasteiger partial charge on any atom is 0.272 e. The van der Waals surface area contributed by atoms with Gasteiger partial charge in [-0.1, -0.05) is 12.1 Å². The number of nitrogens with zero attached hydrogens (tertiary/aromatic N) is 2. The third-order valence-electron chi connectivity index (χ3n) is 3.12. The minimum Gasteiger partial charge on any atom is -0.497 e. The summed E-state index contributed by atoms with van der Waals surface area (Å²) in [6.45, 7) is 0. The molecule has 1 amide bonds. The van der Waals surface area contributed by atoms with Crippen LogP contribution in [-0.2, 0) is 4.79 Å². The maximum absolute atomic E-state index is 11.7. The highest BCUT2D eigenvalue weighted by molar-refractivity contribution is 7.21. The fraction of sp³-hybridized carbons (Fsp3) is 0.0625. The number of amides is 1. The van der Waals surface area contributed by atoms with Gasteiger partial charge in [-0.2, -0.15) is 5.10 Å². The standard InChI is InChI=1S/C16H14N4O2S/c1-22-11-8-6-10(7-9-11)19-20-14(15(17)21)16-18-12-4-2-3-5-13(12)23-16/h2-9,19H,1H3,(H2,17,21)/b20-14-. The van der Waals surface area contributed by atoms with Gasteiger partial charge in [0, 0.05) is 0 Å². The highest BCUT2D eigenvalue weighted by Gasteiger charge is 2.16. The van der Waals surface area contributed by atoms with Crippen LogP contribution in [0.3, 0.4) is 0 Å². The molecule has 3 N–H and O–H groups in total. The molecule has 0 fully saturated rings. The van der Waals surface area contributed by atoms with Crippen molar-refractivity contribution in [2.45, 2.75) is 0 Å². The molecule has 23 heavy (non-hydrogen) atoms. The summed E-state index contributed by atoms with van der Waals surface area (Å²) in [5.41, 5.74) is 9.88. The number of hydrogen-bond acceptors (Lipinski definition) is 6. The molecule has 0 spiro atoms. The molecule has 6 nitrogen and oxygen atoms in total. The van der Waals surface area contributed by atoms with Crippen LogP contribution < -0.4 is 15.9 Å². The van der Waals surface area contributed by atoms with Gasteiger partial charge in [0.1, 0.15) is 5.75 Å². The lowest BCUT2D eigenvalue weighted by molar-refractivity contribution is -0.111. The van der Waals surface area contributed by atoms with E-state index in [4.69, 9.17) is 10.5 Å². The minimum absolute atomic E-state index is 0.0991. The van der Waals surface area contributed by atoms with Crippen LogP contribution in [0.25, 0.3) is 10.2 Å². The lowest BCUT2D eigenvalue weighted by Crippen LogP contribution is -2.25. The van der Waals surface area contributed by atoms with E-state index < -0.39 is 5.91 Å². The summed E-state index contributed by atoms with van der Waals surface area (Å²) < 4.78 is 6.06. The molecular weight excluding hydrogens is 312 g/mol. The quantitative estimate of drug-likeness (QED) is 0.557. The van der Waals surface area contributed by atoms with Crippen LogP contribution >= 0.6 is 11.3 Å². The van der Waals surface area contributed by atoms with Gasteiger partial charge in [0.05, 0.1) is 23.0 Å². The van der Waals surface area contributed by atoms with Gasteiger partial charge < -0.3 is 10.5 Å². The van der Waals surface area contributed by atoms with Crippen LogP contribution in [0.4, 0.5) is 5.69 Å². The van der Waals surface area contributed by atoms with Gasteiger partial charge in [0.2, 0.25) is 0 Å². The Hall–Kier alpha value is -2.93. The molecule has 0 aliphatic heterocycles. The van der Waals surface area contributed by atoms with Crippen LogP contribution in [0.1, 0.15) is 5.01 Å². The van der Waals surface area contributed by atoms with E-state index in [1.807, 2.05) is 24.3 Å². The van der Waals surface area contributed by atoms with Crippen molar-refractivity contribution in [1.82, 2.24) is 4.98 Å². The molecule has 0 aliphatic carbocycles. The zero-order valence-electron chi connectivity index (χ0n) is 12.3. The molecule has 1 heterocycles. The number of nitrogens with two attached hydrogens (primary N) is 1. The number of para-hydroxylation sites is 1. The number of hydrogen-bond donors (Lipinski definition) is 2. The predicted molar refractivity (Wildman–Crippen MR) is 92.0 cm³/mol. The molecule has 0 aliphatic rings. The van der Waals surface area contributed by atoms with E-state index in [0.717, 1.165) is 16.0 Å². The lowest BCUT2D eigenvalue weighted by atomic mass is 10.3. The Morgan fingerprint density at radius 1 is 1.22 bits per heavy atom. The summed E-state index contributed by atoms with van der Waals surface area (Å²) in [5, 5.41) is 4.60. The van der Waals surface area contributed by atoms with Crippen molar-refractivity contribution in [1.29, 1.82) is 0 Å². The zero-order valence-corrected chi connectivity index (χ0v) is 13.1. The van der Waals surface area contributed by atoms with Gasteiger partial charge in [-0.05, 0) is 36.4 Å². The molecule has 0 unspecified atom stereocenters. The number of fused-ring (bicyclic) bond motifs is 1. The SMILES string of the molecule is COc1ccc(N/N=C(/C(N)=O)c2nc3ccccc3s2)cc1. The van der Waals surface area contributed by atoms with E-state index in [-0.39, 0.29) is 5.71 Å². The fourth-order valence-corrected chi connectivity index (χ4v) is 2.93. The number of hydrazone groups is 1. The second-order valence-corrected chi connectivity index (χ2v) is 5.68. The van der Waals surface area contributed by atoms with Crippen LogP contribution in [0, 0.1) is 0 Å². The van der Waals surface area contributed by atoms with Crippen LogP contribution in [0.5, 0.6) is 5.75 Å². The Kier molecular flexibility index (Phi) is 4.20. The first-order chi connectivity index (χ1) is 11.2. The van der Waals surface area contributed by atoms with E-state index in [9.17, 15) is 4.79 Å². The summed E-state index contributed by atoms with van der Waals surface area (Å²) in [7, 11) is 1.60. The first kappa shape index (κ1) is 15.0. The lowest BCUT2D eigenvalue weighted by Gasteiger charge is -2.04. The van der Waals surface area contributed by atoms with Crippen molar-refractivity contribution in [3.8, 4) is 5.75 Å². The number of aromatic nitrogens is 1. The summed E-state index contributed by atoms with van der Waals surface area (Å²) in [6, 6.07) is 14.8. The van der Waals surface area contributed by atoms with E-state index in [2.05, 4.69) is 15.5 Å². The molecule has 0 bridgehead atoms. The van der Waals surface area contributed by atoms with Crippen molar-refractivity contribution in [3.05, 3.63) is 53.5 Å². The topological polar surface area (TPSA) is 89.6 Å². The molecule has 0 saturated heterocycles. The van der Waals surface area contributed by atoms with Crippen LogP contribution in [0.2, 0.25) is 0 Å². The first-order valence-electron chi connectivity index (χ1n) is 6.81. The van der Waals surface area contributed by atoms with Gasteiger partial charge in [0.25, 0.3) is 5.91 Å². The van der Waals surface area contributed by atoms with E-state index in [0.29, 0.717) is 10.7 Å². The molecule has 0 atom stereocenters. The number of carbonyl (C=O) groups excluding carboxylic acids is 1. The van der Waals surface area contributed by atoms with E-state index >= 15 is 0 Å². The average Bonchev–Trinajstić information content (AvgIpc) is 2.99. The predicted octanol–water partition coefficient (Wildman–Crippen LogP) is 2.61. The summed E-state index contributed by atoms with van der Waals surface area (Å²) in [4.78, 5) is 16.1. The van der Waals surface area contributed by atoms with Crippen LogP contribution in [-0.4, -0.2) is 23.7 Å². The van der Waals surface area contributed by atoms with Gasteiger partial charge >= 0.3 is 0 Å². The number of methoxy groups -OCH3 is 1. The Morgan fingerprint density at radius 3 is 2.61 bits per heavy atom. The second-order valence-electron chi connectivity index (χ2n) is 4.65. The Bertz CT molecular complexity index is 838. The van der Waals surface area contributed by atoms with Gasteiger partial charge in [0.15, 0.2) is 10.7 Å². The average molecular weight is 326 g/mol. The number of carbonyl (C=O) groups is 1. The normalized spacial score (nSPS) is 11.4. The highest BCUT2D eigenvalue weighted by Crippen LogP contribution is 2.22. The number of ether oxygens (including phenoxy) is 1. The Morgan fingerprint density at radius 2 is 1.96 bits per heavy atom. The number of benzene rings is 2. The number of rotatable bonds is 5. The van der Waals surface area contributed by atoms with Gasteiger partial charge in [-0.15, -0.1) is 11.3 Å². The molecule has 0 saturated carbocycles. The molecular formula is C16H14N4O2S. The summed E-state index contributed by atoms with van der Waals surface area (Å²) >= 11 is 1.37. The molecule has 3 rings (SSSR count). The molecule has 116 valence electrons. The van der Waals surface area contributed by atoms with Crippen molar-refractivity contribution in [2.75, 3.05) is 12.5 Å². The smallest absolute Gasteiger partial charge is 0.272 e. The molecule has 3 aromatic rings. The molecule has 0 radical (unpaired) electrons. The van der Waals surface area contributed by atoms with Crippen LogP contribution in [0.15, 0.2) is 53.6 Å². The maximum atomic E-state index is 11.7. The zero-order chi connectivity index (χ0) is 16.2. The van der Waals surface area contributed by atoms with E-state index in [1.165, 1.54) is 11.3 Å². The fourth-order valence-electron chi connectivity index (χ4n) is 1.97. The largest absolute Gasteiger partial charge is 0.497 e. The molecule has 1 aromatic heterocycles. The first-order valence-corrected chi connectivity index (χ1v) is 7.62. The molecule has 2 aromatic carbocycles. The Labute approximate surface area is 136 Å². The number of thiazole rings is 1. The number of nitrogens with one attached hydrogen (secondary N) is 1. The highest BCUT2D eigenvalue weighted by atomic mass is 32.1. The molecule has 7 heteroatoms. The van der Waals surface area contributed by atoms with Crippen molar-refractivity contribution >= 4 is 38.9 Å².